The van der Waals surface area contributed by atoms with E-state index in [0.717, 1.165) is 46.6 Å². The van der Waals surface area contributed by atoms with Crippen LogP contribution >= 0.6 is 23.2 Å². The number of nitrogens with zero attached hydrogens (tertiary/aromatic N) is 4. The molecule has 0 aromatic heterocycles. The summed E-state index contributed by atoms with van der Waals surface area (Å²) in [7, 11) is 0. The summed E-state index contributed by atoms with van der Waals surface area (Å²) < 4.78 is 0. The van der Waals surface area contributed by atoms with Gasteiger partial charge in [0, 0.05) is 28.1 Å². The number of non-ortho nitro benzene ring substituents is 1. The normalized spacial score (nSPS) is 23.9. The highest BCUT2D eigenvalue weighted by molar-refractivity contribution is 6.30. The zero-order valence-electron chi connectivity index (χ0n) is 23.6. The van der Waals surface area contributed by atoms with Crippen molar-refractivity contribution in [1.29, 1.82) is 0 Å². The van der Waals surface area contributed by atoms with Crippen LogP contribution in [0.3, 0.4) is 0 Å². The van der Waals surface area contributed by atoms with E-state index in [4.69, 9.17) is 28.3 Å². The summed E-state index contributed by atoms with van der Waals surface area (Å²) >= 11 is 12.3. The maximum atomic E-state index is 14.0. The highest BCUT2D eigenvalue weighted by atomic mass is 35.5. The van der Waals surface area contributed by atoms with Crippen LogP contribution in [-0.2, 0) is 15.1 Å². The van der Waals surface area contributed by atoms with Crippen molar-refractivity contribution in [2.45, 2.75) is 37.8 Å². The van der Waals surface area contributed by atoms with Gasteiger partial charge in [-0.3, -0.25) is 24.6 Å². The van der Waals surface area contributed by atoms with Crippen LogP contribution in [0.1, 0.15) is 48.9 Å². The molecular weight excluding hydrogens is 605 g/mol. The lowest BCUT2D eigenvalue weighted by molar-refractivity contribution is -0.385. The van der Waals surface area contributed by atoms with Gasteiger partial charge >= 0.3 is 6.03 Å². The highest BCUT2D eigenvalue weighted by Crippen LogP contribution is 2.45. The molecule has 1 saturated carbocycles. The first-order valence-electron chi connectivity index (χ1n) is 14.1. The molecule has 2 heterocycles. The van der Waals surface area contributed by atoms with Crippen LogP contribution in [0.15, 0.2) is 83.5 Å². The third-order valence-corrected chi connectivity index (χ3v) is 8.89. The van der Waals surface area contributed by atoms with Gasteiger partial charge in [0.05, 0.1) is 16.7 Å². The largest absolute Gasteiger partial charge is 0.325 e. The van der Waals surface area contributed by atoms with Crippen molar-refractivity contribution in [3.63, 3.8) is 0 Å². The Morgan fingerprint density at radius 3 is 2.45 bits per heavy atom. The van der Waals surface area contributed by atoms with Crippen LogP contribution in [-0.4, -0.2) is 44.9 Å². The fourth-order valence-corrected chi connectivity index (χ4v) is 6.39. The van der Waals surface area contributed by atoms with Gasteiger partial charge in [-0.2, -0.15) is 5.10 Å². The molecule has 3 aliphatic rings. The van der Waals surface area contributed by atoms with Crippen molar-refractivity contribution in [2.75, 3.05) is 6.54 Å². The molecule has 3 atom stereocenters. The van der Waals surface area contributed by atoms with Crippen molar-refractivity contribution in [1.82, 2.24) is 15.2 Å². The number of fused-ring (bicyclic) bond motifs is 1. The Morgan fingerprint density at radius 1 is 1.09 bits per heavy atom. The zero-order valence-corrected chi connectivity index (χ0v) is 25.1. The minimum Gasteiger partial charge on any atom is -0.319 e. The predicted molar refractivity (Wildman–Crippen MR) is 166 cm³/mol. The van der Waals surface area contributed by atoms with Crippen molar-refractivity contribution in [3.05, 3.63) is 115 Å². The average Bonchev–Trinajstić information content (AvgIpc) is 3.51. The van der Waals surface area contributed by atoms with Crippen molar-refractivity contribution < 1.29 is 19.3 Å². The van der Waals surface area contributed by atoms with E-state index in [1.54, 1.807) is 12.1 Å². The Kier molecular flexibility index (Phi) is 7.73. The van der Waals surface area contributed by atoms with Gasteiger partial charge in [0.2, 0.25) is 0 Å². The summed E-state index contributed by atoms with van der Waals surface area (Å²) in [6, 6.07) is 19.0. The monoisotopic (exact) mass is 631 g/mol. The number of imide groups is 1. The van der Waals surface area contributed by atoms with Crippen LogP contribution in [0.2, 0.25) is 10.0 Å². The Morgan fingerprint density at radius 2 is 1.77 bits per heavy atom. The Bertz CT molecular complexity index is 1740. The number of urea groups is 1. The minimum atomic E-state index is -1.58. The lowest BCUT2D eigenvalue weighted by Gasteiger charge is -2.30. The Balaban J connectivity index is 1.32. The van der Waals surface area contributed by atoms with Crippen LogP contribution in [0, 0.1) is 16.0 Å². The van der Waals surface area contributed by atoms with Crippen LogP contribution in [0.5, 0.6) is 0 Å². The van der Waals surface area contributed by atoms with Crippen molar-refractivity contribution in [3.8, 4) is 0 Å². The van der Waals surface area contributed by atoms with Crippen molar-refractivity contribution >= 4 is 58.5 Å². The molecule has 0 radical (unpaired) electrons. The number of hydrogen-bond donors (Lipinski definition) is 1. The van der Waals surface area contributed by atoms with E-state index in [-0.39, 0.29) is 17.2 Å². The number of nitrogens with one attached hydrogen (secondary N) is 1. The minimum absolute atomic E-state index is 0.106. The third-order valence-electron chi connectivity index (χ3n) is 8.38. The molecule has 12 heteroatoms. The number of carbonyl (C=O) groups is 3. The summed E-state index contributed by atoms with van der Waals surface area (Å²) in [6.07, 6.45) is 4.52. The first-order valence-corrected chi connectivity index (χ1v) is 14.8. The molecule has 0 bridgehead atoms. The summed E-state index contributed by atoms with van der Waals surface area (Å²) in [5.74, 6) is -1.33. The number of nitro benzene ring substituents is 1. The number of carbonyl (C=O) groups excluding carboxylic acids is 3. The summed E-state index contributed by atoms with van der Waals surface area (Å²) in [6.45, 7) is 0.908. The number of halogens is 2. The van der Waals surface area contributed by atoms with Gasteiger partial charge in [0.15, 0.2) is 0 Å². The van der Waals surface area contributed by atoms with E-state index in [9.17, 15) is 24.5 Å². The van der Waals surface area contributed by atoms with E-state index in [1.165, 1.54) is 36.2 Å². The number of hydrogen-bond acceptors (Lipinski definition) is 6. The second-order valence-electron chi connectivity index (χ2n) is 11.2. The SMILES string of the molecule is CC1(c2cccc([N+](=O)[O-])c2)NC(=O)N(CC(=O)N2N=C3/C(=C\c4ccc(Cl)cc4)CCCC3C2c2ccc(Cl)cc2)C1=O. The molecule has 3 aromatic carbocycles. The number of nitro groups is 1. The summed E-state index contributed by atoms with van der Waals surface area (Å²) in [4.78, 5) is 52.3. The predicted octanol–water partition coefficient (Wildman–Crippen LogP) is 6.49. The lowest BCUT2D eigenvalue weighted by atomic mass is 9.77. The first-order chi connectivity index (χ1) is 21.0. The molecular formula is C32H27Cl2N5O5. The van der Waals surface area contributed by atoms with Crippen LogP contribution in [0.25, 0.3) is 6.08 Å². The number of benzene rings is 3. The molecule has 3 aromatic rings. The van der Waals surface area contributed by atoms with Gasteiger partial charge in [0.1, 0.15) is 12.1 Å². The molecule has 1 N–H and O–H groups in total. The maximum absolute atomic E-state index is 14.0. The average molecular weight is 633 g/mol. The molecule has 1 saturated heterocycles. The smallest absolute Gasteiger partial charge is 0.319 e. The van der Waals surface area contributed by atoms with Gasteiger partial charge < -0.3 is 5.32 Å². The van der Waals surface area contributed by atoms with Crippen LogP contribution in [0.4, 0.5) is 10.5 Å². The van der Waals surface area contributed by atoms with E-state index < -0.39 is 40.9 Å². The Labute approximate surface area is 263 Å². The third kappa shape index (κ3) is 5.35. The number of amides is 4. The second-order valence-corrected chi connectivity index (χ2v) is 12.1. The van der Waals surface area contributed by atoms with Crippen molar-refractivity contribution in [2.24, 2.45) is 11.0 Å². The number of rotatable bonds is 6. The molecule has 6 rings (SSSR count). The van der Waals surface area contributed by atoms with Gasteiger partial charge in [-0.1, -0.05) is 59.6 Å². The topological polar surface area (TPSA) is 125 Å². The number of hydrazone groups is 1. The second kappa shape index (κ2) is 11.5. The van der Waals surface area contributed by atoms with E-state index in [2.05, 4.69) is 11.4 Å². The van der Waals surface area contributed by atoms with Gasteiger partial charge in [-0.15, -0.1) is 0 Å². The molecule has 10 nitrogen and oxygen atoms in total. The molecule has 4 amide bonds. The van der Waals surface area contributed by atoms with Gasteiger partial charge in [-0.05, 0) is 78.8 Å². The van der Waals surface area contributed by atoms with Crippen LogP contribution < -0.4 is 5.32 Å². The van der Waals surface area contributed by atoms with E-state index in [1.807, 2.05) is 36.4 Å². The fraction of sp³-hybridized carbons (Fsp3) is 0.250. The maximum Gasteiger partial charge on any atom is 0.325 e. The first kappa shape index (κ1) is 29.5. The Hall–Kier alpha value is -4.54. The molecule has 0 spiro atoms. The van der Waals surface area contributed by atoms with Gasteiger partial charge in [0.25, 0.3) is 17.5 Å². The van der Waals surface area contributed by atoms with E-state index in [0.29, 0.717) is 10.0 Å². The summed E-state index contributed by atoms with van der Waals surface area (Å²) in [5, 5.41) is 21.4. The standard InChI is InChI=1S/C32H27Cl2N5O5/c1-32(22-5-3-6-25(17-22)39(43)44)30(41)37(31(42)35-32)18-27(40)38-29(20-10-14-24(34)15-11-20)26-7-2-4-21(28(26)36-38)16-19-8-12-23(33)13-9-19/h3,5-6,8-17,26,29H,2,4,7,18H2,1H3,(H,35,42)/b21-16-. The molecule has 44 heavy (non-hydrogen) atoms. The zero-order chi connectivity index (χ0) is 31.2. The quantitative estimate of drug-likeness (QED) is 0.189. The molecule has 2 aliphatic heterocycles. The lowest BCUT2D eigenvalue weighted by Crippen LogP contribution is -2.44. The molecule has 2 fully saturated rings. The summed E-state index contributed by atoms with van der Waals surface area (Å²) in [5.41, 5.74) is 2.02. The molecule has 1 aliphatic carbocycles. The fourth-order valence-electron chi connectivity index (χ4n) is 6.13. The highest BCUT2D eigenvalue weighted by Gasteiger charge is 2.51. The molecule has 224 valence electrons. The number of allylic oxidation sites excluding steroid dienone is 1. The van der Waals surface area contributed by atoms with E-state index >= 15 is 0 Å². The molecule has 3 unspecified atom stereocenters. The van der Waals surface area contributed by atoms with Gasteiger partial charge in [-0.25, -0.2) is 9.80 Å².